The number of hydrogen-bond acceptors (Lipinski definition) is 0. The minimum absolute atomic E-state index is 1.04. The number of hydrogen-bond donors (Lipinski definition) is 0. The van der Waals surface area contributed by atoms with Crippen LogP contribution in [0.4, 0.5) is 0 Å². The summed E-state index contributed by atoms with van der Waals surface area (Å²) in [6.07, 6.45) is 51.1. The zero-order valence-electron chi connectivity index (χ0n) is 42.2. The molecule has 0 spiro atoms. The van der Waals surface area contributed by atoms with Crippen LogP contribution in [-0.4, -0.2) is 10.4 Å². The van der Waals surface area contributed by atoms with Gasteiger partial charge in [-0.25, -0.2) is 4.68 Å². The van der Waals surface area contributed by atoms with E-state index in [1.165, 1.54) is 237 Å². The molecule has 2 aromatic rings. The van der Waals surface area contributed by atoms with E-state index in [1.54, 1.807) is 0 Å². The van der Waals surface area contributed by atoms with E-state index in [2.05, 4.69) is 84.0 Å². The summed E-state index contributed by atoms with van der Waals surface area (Å²) in [5, 5.41) is 0. The molecule has 0 aromatic heterocycles. The lowest BCUT2D eigenvalue weighted by atomic mass is 9.89. The van der Waals surface area contributed by atoms with E-state index in [0.29, 0.717) is 0 Å². The van der Waals surface area contributed by atoms with Gasteiger partial charge in [-0.1, -0.05) is 220 Å². The normalized spacial score (nSPS) is 13.7. The van der Waals surface area contributed by atoms with E-state index >= 15 is 0 Å². The summed E-state index contributed by atoms with van der Waals surface area (Å²) in [4.78, 5) is 0. The molecule has 62 heavy (non-hydrogen) atoms. The molecule has 1 aliphatic rings. The smallest absolute Gasteiger partial charge is 0.215 e. The molecule has 0 saturated carbocycles. The number of unbranched alkanes of at least 4 members (excludes halogenated alkanes) is 26. The van der Waals surface area contributed by atoms with Gasteiger partial charge < -0.3 is 5.84 Å². The van der Waals surface area contributed by atoms with Crippen molar-refractivity contribution in [2.75, 3.05) is 0 Å². The molecule has 0 unspecified atom stereocenters. The highest BCUT2D eigenvalue weighted by Crippen LogP contribution is 2.39. The molecule has 1 aliphatic heterocycles. The Kier molecular flexibility index (Phi) is 30.1. The SMILES string of the molecule is CCCCCCCCCCCCCCCCCCCCCCCC=C1C(CCCC)=C(c2cc(CCCC)cc(CCCC)c2)[N+]([NH-])=C1c1cc(CCCC)cc(CCCC)c1. The van der Waals surface area contributed by atoms with Gasteiger partial charge in [0.05, 0.1) is 5.57 Å². The lowest BCUT2D eigenvalue weighted by Crippen LogP contribution is -2.13. The van der Waals surface area contributed by atoms with Crippen LogP contribution >= 0.6 is 0 Å². The molecule has 2 heteroatoms. The molecule has 2 aromatic carbocycles. The lowest BCUT2D eigenvalue weighted by molar-refractivity contribution is -0.347. The van der Waals surface area contributed by atoms with Crippen molar-refractivity contribution in [3.8, 4) is 0 Å². The number of aryl methyl sites for hydroxylation is 4. The highest BCUT2D eigenvalue weighted by molar-refractivity contribution is 6.16. The number of nitrogens with zero attached hydrogens (tertiary/aromatic N) is 1. The van der Waals surface area contributed by atoms with Crippen molar-refractivity contribution < 1.29 is 4.68 Å². The number of nitrogens with one attached hydrogen (secondary N) is 1. The van der Waals surface area contributed by atoms with Gasteiger partial charge in [-0.15, -0.1) is 0 Å². The monoisotopic (exact) mass is 849 g/mol. The fraction of sp³-hybridized carbons (Fsp3) is 0.717. The highest BCUT2D eigenvalue weighted by Gasteiger charge is 2.35. The van der Waals surface area contributed by atoms with Gasteiger partial charge in [0.25, 0.3) is 0 Å². The summed E-state index contributed by atoms with van der Waals surface area (Å²) in [7, 11) is 0. The van der Waals surface area contributed by atoms with E-state index in [-0.39, 0.29) is 0 Å². The van der Waals surface area contributed by atoms with Crippen molar-refractivity contribution in [3.05, 3.63) is 92.8 Å². The Bertz CT molecular complexity index is 1500. The minimum atomic E-state index is 1.04. The fourth-order valence-corrected chi connectivity index (χ4v) is 9.77. The van der Waals surface area contributed by atoms with Crippen molar-refractivity contribution >= 4 is 11.4 Å². The molecule has 350 valence electrons. The number of allylic oxidation sites excluding steroid dienone is 3. The van der Waals surface area contributed by atoms with E-state index < -0.39 is 0 Å². The summed E-state index contributed by atoms with van der Waals surface area (Å²) >= 11 is 0. The van der Waals surface area contributed by atoms with Crippen LogP contribution in [0.3, 0.4) is 0 Å². The van der Waals surface area contributed by atoms with Gasteiger partial charge >= 0.3 is 0 Å². The zero-order chi connectivity index (χ0) is 44.5. The first-order chi connectivity index (χ1) is 30.5. The Morgan fingerprint density at radius 2 is 0.661 bits per heavy atom. The molecule has 0 atom stereocenters. The van der Waals surface area contributed by atoms with Gasteiger partial charge in [0.2, 0.25) is 11.4 Å². The second kappa shape index (κ2) is 34.8. The van der Waals surface area contributed by atoms with Crippen molar-refractivity contribution in [1.82, 2.24) is 0 Å². The highest BCUT2D eigenvalue weighted by atomic mass is 15.3. The summed E-state index contributed by atoms with van der Waals surface area (Å²) < 4.78 is 1.90. The van der Waals surface area contributed by atoms with Gasteiger partial charge in [0, 0.05) is 16.7 Å². The first kappa shape index (κ1) is 53.7. The average Bonchev–Trinajstić information content (AvgIpc) is 3.56. The van der Waals surface area contributed by atoms with E-state index in [4.69, 9.17) is 0 Å². The third kappa shape index (κ3) is 20.9. The molecule has 2 nitrogen and oxygen atoms in total. The molecule has 0 bridgehead atoms. The molecule has 1 heterocycles. The second-order valence-electron chi connectivity index (χ2n) is 19.6. The number of rotatable bonds is 39. The Morgan fingerprint density at radius 1 is 0.355 bits per heavy atom. The third-order valence-electron chi connectivity index (χ3n) is 13.7. The first-order valence-corrected chi connectivity index (χ1v) is 27.6. The van der Waals surface area contributed by atoms with Gasteiger partial charge in [-0.05, 0) is 124 Å². The lowest BCUT2D eigenvalue weighted by Gasteiger charge is -2.13. The minimum Gasteiger partial charge on any atom is -0.448 e. The Labute approximate surface area is 386 Å². The Hall–Kier alpha value is -2.61. The predicted molar refractivity (Wildman–Crippen MR) is 278 cm³/mol. The van der Waals surface area contributed by atoms with Gasteiger partial charge in [0.15, 0.2) is 0 Å². The van der Waals surface area contributed by atoms with Crippen LogP contribution in [0.25, 0.3) is 11.5 Å². The maximum Gasteiger partial charge on any atom is 0.215 e. The van der Waals surface area contributed by atoms with E-state index in [9.17, 15) is 5.84 Å². The Morgan fingerprint density at radius 3 is 1.02 bits per heavy atom. The van der Waals surface area contributed by atoms with Crippen LogP contribution in [0.2, 0.25) is 0 Å². The standard InChI is InChI=1S/C60H100N2/c1-7-13-19-20-21-22-23-24-25-26-27-28-29-30-31-32-33-34-35-36-37-38-44-58-57(43-18-12-6)59(55-47-51(39-14-8-2)45-52(48-55)40-15-9-3)62(61)60(58)56-49-53(41-16-10-4)46-54(50-56)42-17-11-5/h44-50,61H,7-43H2,1-6H3. The van der Waals surface area contributed by atoms with E-state index in [1.807, 2.05) is 4.68 Å². The van der Waals surface area contributed by atoms with Crippen LogP contribution in [0.1, 0.15) is 287 Å². The third-order valence-corrected chi connectivity index (χ3v) is 13.7. The summed E-state index contributed by atoms with van der Waals surface area (Å²) in [6, 6.07) is 14.8. The van der Waals surface area contributed by atoms with Crippen molar-refractivity contribution in [1.29, 1.82) is 0 Å². The molecule has 0 aliphatic carbocycles. The van der Waals surface area contributed by atoms with Crippen LogP contribution < -0.4 is 0 Å². The predicted octanol–water partition coefficient (Wildman–Crippen LogP) is 20.0. The van der Waals surface area contributed by atoms with Gasteiger partial charge in [-0.3, -0.25) is 0 Å². The zero-order valence-corrected chi connectivity index (χ0v) is 42.2. The average molecular weight is 849 g/mol. The molecular weight excluding hydrogens is 749 g/mol. The maximum absolute atomic E-state index is 10.1. The van der Waals surface area contributed by atoms with Crippen molar-refractivity contribution in [2.24, 2.45) is 0 Å². The van der Waals surface area contributed by atoms with Gasteiger partial charge in [-0.2, -0.15) is 0 Å². The molecule has 3 rings (SSSR count). The largest absolute Gasteiger partial charge is 0.448 e. The van der Waals surface area contributed by atoms with E-state index in [0.717, 1.165) is 56.4 Å². The number of benzene rings is 2. The second-order valence-corrected chi connectivity index (χ2v) is 19.6. The Balaban J connectivity index is 1.67. The van der Waals surface area contributed by atoms with Crippen molar-refractivity contribution in [3.63, 3.8) is 0 Å². The van der Waals surface area contributed by atoms with Crippen LogP contribution in [-0.2, 0) is 25.7 Å². The topological polar surface area (TPSA) is 26.8 Å². The molecular formula is C60H100N2. The molecule has 0 amide bonds. The summed E-state index contributed by atoms with van der Waals surface area (Å²) in [5.41, 5.74) is 13.4. The summed E-state index contributed by atoms with van der Waals surface area (Å²) in [6.45, 7) is 13.9. The van der Waals surface area contributed by atoms with Crippen LogP contribution in [0.15, 0.2) is 53.6 Å². The molecule has 1 N–H and O–H groups in total. The van der Waals surface area contributed by atoms with Crippen LogP contribution in [0, 0.1) is 0 Å². The van der Waals surface area contributed by atoms with Gasteiger partial charge in [0.1, 0.15) is 0 Å². The first-order valence-electron chi connectivity index (χ1n) is 27.6. The summed E-state index contributed by atoms with van der Waals surface area (Å²) in [5.74, 6) is 10.1. The van der Waals surface area contributed by atoms with Crippen molar-refractivity contribution in [2.45, 2.75) is 279 Å². The molecule has 0 radical (unpaired) electrons. The quantitative estimate of drug-likeness (QED) is 0.0473. The maximum atomic E-state index is 10.1. The molecule has 0 saturated heterocycles. The van der Waals surface area contributed by atoms with Crippen LogP contribution in [0.5, 0.6) is 0 Å². The fourth-order valence-electron chi connectivity index (χ4n) is 9.77. The molecule has 0 fully saturated rings.